The van der Waals surface area contributed by atoms with Crippen LogP contribution in [-0.2, 0) is 0 Å². The lowest BCUT2D eigenvalue weighted by Crippen LogP contribution is -2.49. The van der Waals surface area contributed by atoms with Crippen molar-refractivity contribution in [1.29, 1.82) is 0 Å². The number of piperazine rings is 1. The number of hydrogen-bond donors (Lipinski definition) is 0. The van der Waals surface area contributed by atoms with Crippen molar-refractivity contribution in [2.45, 2.75) is 6.04 Å². The van der Waals surface area contributed by atoms with Crippen LogP contribution in [0.25, 0.3) is 11.0 Å². The molecule has 0 N–H and O–H groups in total. The first-order valence-electron chi connectivity index (χ1n) is 10.4. The van der Waals surface area contributed by atoms with Gasteiger partial charge in [0.15, 0.2) is 5.76 Å². The fourth-order valence-corrected chi connectivity index (χ4v) is 4.31. The summed E-state index contributed by atoms with van der Waals surface area (Å²) in [7, 11) is 0. The van der Waals surface area contributed by atoms with E-state index in [1.807, 2.05) is 35.2 Å². The van der Waals surface area contributed by atoms with Crippen LogP contribution in [0.15, 0.2) is 95.4 Å². The molecule has 1 amide bonds. The van der Waals surface area contributed by atoms with Crippen LogP contribution in [0.4, 0.5) is 0 Å². The van der Waals surface area contributed by atoms with Crippen LogP contribution in [0, 0.1) is 0 Å². The number of para-hydroxylation sites is 1. The summed E-state index contributed by atoms with van der Waals surface area (Å²) in [6, 6.07) is 31.0. The van der Waals surface area contributed by atoms with E-state index in [1.54, 1.807) is 0 Å². The topological polar surface area (TPSA) is 36.7 Å². The summed E-state index contributed by atoms with van der Waals surface area (Å²) in [5.74, 6) is 0.397. The second-order valence-corrected chi connectivity index (χ2v) is 7.70. The van der Waals surface area contributed by atoms with Crippen molar-refractivity contribution in [3.8, 4) is 0 Å². The first kappa shape index (κ1) is 18.6. The zero-order chi connectivity index (χ0) is 20.3. The van der Waals surface area contributed by atoms with E-state index in [1.165, 1.54) is 11.1 Å². The minimum atomic E-state index is -0.0261. The second-order valence-electron chi connectivity index (χ2n) is 7.70. The molecular weight excluding hydrogens is 372 g/mol. The van der Waals surface area contributed by atoms with E-state index >= 15 is 0 Å². The molecule has 1 fully saturated rings. The lowest BCUT2D eigenvalue weighted by molar-refractivity contribution is 0.0570. The number of benzene rings is 3. The largest absolute Gasteiger partial charge is 0.451 e. The van der Waals surface area contributed by atoms with E-state index in [9.17, 15) is 4.79 Å². The molecule has 1 aromatic heterocycles. The van der Waals surface area contributed by atoms with Crippen LogP contribution in [0.3, 0.4) is 0 Å². The number of hydrogen-bond acceptors (Lipinski definition) is 3. The Morgan fingerprint density at radius 2 is 1.30 bits per heavy atom. The van der Waals surface area contributed by atoms with Gasteiger partial charge in [-0.2, -0.15) is 0 Å². The van der Waals surface area contributed by atoms with Crippen molar-refractivity contribution in [2.24, 2.45) is 0 Å². The Kier molecular flexibility index (Phi) is 5.08. The number of carbonyl (C=O) groups excluding carboxylic acids is 1. The number of nitrogens with zero attached hydrogens (tertiary/aromatic N) is 2. The van der Waals surface area contributed by atoms with Crippen molar-refractivity contribution in [3.05, 3.63) is 108 Å². The summed E-state index contributed by atoms with van der Waals surface area (Å²) in [6.45, 7) is 3.01. The second kappa shape index (κ2) is 8.17. The van der Waals surface area contributed by atoms with Gasteiger partial charge < -0.3 is 9.32 Å². The van der Waals surface area contributed by atoms with Gasteiger partial charge in [0.1, 0.15) is 5.58 Å². The number of amides is 1. The molecule has 0 bridgehead atoms. The van der Waals surface area contributed by atoms with E-state index in [2.05, 4.69) is 65.6 Å². The van der Waals surface area contributed by atoms with E-state index < -0.39 is 0 Å². The maximum atomic E-state index is 13.0. The molecule has 3 aromatic carbocycles. The molecule has 0 atom stereocenters. The summed E-state index contributed by atoms with van der Waals surface area (Å²) in [6.07, 6.45) is 0. The Hall–Kier alpha value is -3.37. The predicted molar refractivity (Wildman–Crippen MR) is 118 cm³/mol. The lowest BCUT2D eigenvalue weighted by atomic mass is 9.96. The summed E-state index contributed by atoms with van der Waals surface area (Å²) in [4.78, 5) is 17.4. The zero-order valence-electron chi connectivity index (χ0n) is 16.8. The molecule has 150 valence electrons. The molecule has 1 saturated heterocycles. The van der Waals surface area contributed by atoms with Crippen molar-refractivity contribution in [3.63, 3.8) is 0 Å². The average Bonchev–Trinajstić information content (AvgIpc) is 3.25. The summed E-state index contributed by atoms with van der Waals surface area (Å²) in [5, 5.41) is 0.965. The van der Waals surface area contributed by atoms with Crippen LogP contribution in [0.5, 0.6) is 0 Å². The minimum absolute atomic E-state index is 0.0261. The minimum Gasteiger partial charge on any atom is -0.451 e. The van der Waals surface area contributed by atoms with Gasteiger partial charge in [0.05, 0.1) is 6.04 Å². The Labute approximate surface area is 176 Å². The molecule has 0 radical (unpaired) electrons. The van der Waals surface area contributed by atoms with Gasteiger partial charge in [0.25, 0.3) is 5.91 Å². The molecule has 4 nitrogen and oxygen atoms in total. The molecule has 0 aliphatic carbocycles. The highest BCUT2D eigenvalue weighted by Crippen LogP contribution is 2.30. The molecule has 0 saturated carbocycles. The van der Waals surface area contributed by atoms with Gasteiger partial charge in [0.2, 0.25) is 0 Å². The van der Waals surface area contributed by atoms with Gasteiger partial charge in [-0.3, -0.25) is 9.69 Å². The maximum absolute atomic E-state index is 13.0. The number of rotatable bonds is 4. The third-order valence-corrected chi connectivity index (χ3v) is 5.83. The highest BCUT2D eigenvalue weighted by atomic mass is 16.3. The Morgan fingerprint density at radius 1 is 0.733 bits per heavy atom. The predicted octanol–water partition coefficient (Wildman–Crippen LogP) is 4.98. The standard InChI is InChI=1S/C26H24N2O2/c29-26(24-19-22-13-7-8-14-23(22)30-24)28-17-15-27(16-18-28)25(20-9-3-1-4-10-20)21-11-5-2-6-12-21/h1-14,19,25H,15-18H2. The molecule has 1 aliphatic rings. The van der Waals surface area contributed by atoms with Crippen molar-refractivity contribution in [2.75, 3.05) is 26.2 Å². The molecule has 4 heteroatoms. The molecule has 5 rings (SSSR count). The number of furan rings is 1. The molecule has 1 aliphatic heterocycles. The van der Waals surface area contributed by atoms with Gasteiger partial charge in [-0.05, 0) is 23.3 Å². The van der Waals surface area contributed by atoms with Gasteiger partial charge in [-0.25, -0.2) is 0 Å². The van der Waals surface area contributed by atoms with Crippen LogP contribution >= 0.6 is 0 Å². The maximum Gasteiger partial charge on any atom is 0.289 e. The lowest BCUT2D eigenvalue weighted by Gasteiger charge is -2.39. The molecule has 4 aromatic rings. The van der Waals surface area contributed by atoms with Crippen LogP contribution in [0.1, 0.15) is 27.7 Å². The third kappa shape index (κ3) is 3.62. The average molecular weight is 396 g/mol. The van der Waals surface area contributed by atoms with E-state index in [-0.39, 0.29) is 11.9 Å². The van der Waals surface area contributed by atoms with Gasteiger partial charge in [-0.15, -0.1) is 0 Å². The number of fused-ring (bicyclic) bond motifs is 1. The highest BCUT2D eigenvalue weighted by Gasteiger charge is 2.29. The van der Waals surface area contributed by atoms with Gasteiger partial charge in [0, 0.05) is 31.6 Å². The molecule has 0 spiro atoms. The fraction of sp³-hybridized carbons (Fsp3) is 0.192. The SMILES string of the molecule is O=C(c1cc2ccccc2o1)N1CCN(C(c2ccccc2)c2ccccc2)CC1. The Balaban J connectivity index is 1.34. The highest BCUT2D eigenvalue weighted by molar-refractivity contribution is 5.96. The van der Waals surface area contributed by atoms with E-state index in [0.717, 1.165) is 24.1 Å². The van der Waals surface area contributed by atoms with Gasteiger partial charge in [-0.1, -0.05) is 78.9 Å². The summed E-state index contributed by atoms with van der Waals surface area (Å²) >= 11 is 0. The van der Waals surface area contributed by atoms with E-state index in [0.29, 0.717) is 18.8 Å². The fourth-order valence-electron chi connectivity index (χ4n) is 4.31. The Bertz CT molecular complexity index is 1060. The summed E-state index contributed by atoms with van der Waals surface area (Å²) < 4.78 is 5.79. The monoisotopic (exact) mass is 396 g/mol. The van der Waals surface area contributed by atoms with Gasteiger partial charge >= 0.3 is 0 Å². The van der Waals surface area contributed by atoms with Crippen LogP contribution in [-0.4, -0.2) is 41.9 Å². The smallest absolute Gasteiger partial charge is 0.289 e. The first-order valence-corrected chi connectivity index (χ1v) is 10.4. The van der Waals surface area contributed by atoms with Crippen LogP contribution < -0.4 is 0 Å². The first-order chi connectivity index (χ1) is 14.8. The van der Waals surface area contributed by atoms with E-state index in [4.69, 9.17) is 4.42 Å². The van der Waals surface area contributed by atoms with Crippen molar-refractivity contribution in [1.82, 2.24) is 9.80 Å². The third-order valence-electron chi connectivity index (χ3n) is 5.83. The van der Waals surface area contributed by atoms with Crippen molar-refractivity contribution >= 4 is 16.9 Å². The normalized spacial score (nSPS) is 15.0. The molecule has 0 unspecified atom stereocenters. The zero-order valence-corrected chi connectivity index (χ0v) is 16.8. The molecule has 2 heterocycles. The molecular formula is C26H24N2O2. The molecule has 30 heavy (non-hydrogen) atoms. The Morgan fingerprint density at radius 3 is 1.90 bits per heavy atom. The van der Waals surface area contributed by atoms with Crippen LogP contribution in [0.2, 0.25) is 0 Å². The number of carbonyl (C=O) groups is 1. The quantitative estimate of drug-likeness (QED) is 0.488. The van der Waals surface area contributed by atoms with Crippen molar-refractivity contribution < 1.29 is 9.21 Å². The summed E-state index contributed by atoms with van der Waals surface area (Å²) in [5.41, 5.74) is 3.31.